The first-order chi connectivity index (χ1) is 14.5. The first kappa shape index (κ1) is 19.1. The van der Waals surface area contributed by atoms with Gasteiger partial charge < -0.3 is 10.5 Å². The molecule has 0 spiro atoms. The van der Waals surface area contributed by atoms with Gasteiger partial charge in [0.15, 0.2) is 0 Å². The Morgan fingerprint density at radius 1 is 0.800 bits per heavy atom. The standard InChI is InChI=1S/C23H18N4O3/c1-30-20-11-7-15(8-12-20)17-3-2-4-18(13-17)22-14-21(25-23(24)26-22)16-5-9-19(10-6-16)27(28)29/h2-14H,1H3,(H2,24,25,26). The summed E-state index contributed by atoms with van der Waals surface area (Å²) in [5, 5.41) is 10.9. The number of ether oxygens (including phenoxy) is 1. The van der Waals surface area contributed by atoms with Crippen LogP contribution >= 0.6 is 0 Å². The molecule has 0 fully saturated rings. The molecule has 7 heteroatoms. The van der Waals surface area contributed by atoms with Crippen LogP contribution in [0.1, 0.15) is 0 Å². The predicted octanol–water partition coefficient (Wildman–Crippen LogP) is 4.98. The molecule has 1 aromatic heterocycles. The van der Waals surface area contributed by atoms with Gasteiger partial charge in [0.05, 0.1) is 23.4 Å². The second-order valence-electron chi connectivity index (χ2n) is 6.61. The van der Waals surface area contributed by atoms with E-state index >= 15 is 0 Å². The van der Waals surface area contributed by atoms with Crippen molar-refractivity contribution in [1.29, 1.82) is 0 Å². The Bertz CT molecular complexity index is 1210. The zero-order valence-electron chi connectivity index (χ0n) is 16.1. The smallest absolute Gasteiger partial charge is 0.269 e. The third kappa shape index (κ3) is 3.95. The molecule has 30 heavy (non-hydrogen) atoms. The fourth-order valence-corrected chi connectivity index (χ4v) is 3.16. The van der Waals surface area contributed by atoms with E-state index in [1.54, 1.807) is 19.2 Å². The highest BCUT2D eigenvalue weighted by molar-refractivity contribution is 5.74. The lowest BCUT2D eigenvalue weighted by atomic mass is 10.0. The summed E-state index contributed by atoms with van der Waals surface area (Å²) < 4.78 is 5.22. The second kappa shape index (κ2) is 8.00. The molecule has 1 heterocycles. The fourth-order valence-electron chi connectivity index (χ4n) is 3.16. The highest BCUT2D eigenvalue weighted by Gasteiger charge is 2.10. The van der Waals surface area contributed by atoms with Crippen molar-refractivity contribution in [1.82, 2.24) is 9.97 Å². The molecule has 0 bridgehead atoms. The maximum atomic E-state index is 10.9. The van der Waals surface area contributed by atoms with Gasteiger partial charge in [-0.25, -0.2) is 9.97 Å². The lowest BCUT2D eigenvalue weighted by molar-refractivity contribution is -0.384. The van der Waals surface area contributed by atoms with Crippen LogP contribution in [0.3, 0.4) is 0 Å². The summed E-state index contributed by atoms with van der Waals surface area (Å²) in [6.45, 7) is 0. The average molecular weight is 398 g/mol. The van der Waals surface area contributed by atoms with Crippen LogP contribution in [-0.4, -0.2) is 22.0 Å². The number of nitro benzene ring substituents is 1. The van der Waals surface area contributed by atoms with Crippen molar-refractivity contribution in [3.8, 4) is 39.4 Å². The molecule has 0 aliphatic rings. The minimum Gasteiger partial charge on any atom is -0.497 e. The average Bonchev–Trinajstić information content (AvgIpc) is 2.79. The van der Waals surface area contributed by atoms with Crippen molar-refractivity contribution >= 4 is 11.6 Å². The number of methoxy groups -OCH3 is 1. The number of rotatable bonds is 5. The maximum absolute atomic E-state index is 10.9. The Balaban J connectivity index is 1.71. The molecule has 0 saturated heterocycles. The molecule has 0 aliphatic heterocycles. The Morgan fingerprint density at radius 3 is 2.03 bits per heavy atom. The molecule has 148 valence electrons. The predicted molar refractivity (Wildman–Crippen MR) is 116 cm³/mol. The minimum atomic E-state index is -0.436. The van der Waals surface area contributed by atoms with Crippen LogP contribution in [0.15, 0.2) is 78.9 Å². The van der Waals surface area contributed by atoms with Crippen molar-refractivity contribution in [2.24, 2.45) is 0 Å². The number of hydrogen-bond donors (Lipinski definition) is 1. The van der Waals surface area contributed by atoms with Crippen LogP contribution in [0.4, 0.5) is 11.6 Å². The van der Waals surface area contributed by atoms with E-state index in [-0.39, 0.29) is 11.6 Å². The number of nitrogens with zero attached hydrogens (tertiary/aromatic N) is 3. The van der Waals surface area contributed by atoms with Gasteiger partial charge in [0, 0.05) is 23.3 Å². The number of nitrogen functional groups attached to an aromatic ring is 1. The van der Waals surface area contributed by atoms with E-state index in [1.165, 1.54) is 12.1 Å². The van der Waals surface area contributed by atoms with Gasteiger partial charge in [-0.05, 0) is 47.5 Å². The number of nitrogens with two attached hydrogens (primary N) is 1. The highest BCUT2D eigenvalue weighted by atomic mass is 16.6. The molecular formula is C23H18N4O3. The highest BCUT2D eigenvalue weighted by Crippen LogP contribution is 2.29. The summed E-state index contributed by atoms with van der Waals surface area (Å²) in [5.41, 5.74) is 10.9. The summed E-state index contributed by atoms with van der Waals surface area (Å²) in [6.07, 6.45) is 0. The molecule has 7 nitrogen and oxygen atoms in total. The largest absolute Gasteiger partial charge is 0.497 e. The van der Waals surface area contributed by atoms with Crippen LogP contribution in [0.2, 0.25) is 0 Å². The Morgan fingerprint density at radius 2 is 1.40 bits per heavy atom. The number of aromatic nitrogens is 2. The molecule has 3 aromatic carbocycles. The van der Waals surface area contributed by atoms with E-state index in [2.05, 4.69) is 9.97 Å². The molecule has 0 radical (unpaired) electrons. The van der Waals surface area contributed by atoms with Gasteiger partial charge >= 0.3 is 0 Å². The van der Waals surface area contributed by atoms with Gasteiger partial charge in [-0.2, -0.15) is 0 Å². The number of nitro groups is 1. The Hall–Kier alpha value is -4.26. The van der Waals surface area contributed by atoms with Gasteiger partial charge in [-0.15, -0.1) is 0 Å². The molecule has 0 saturated carbocycles. The van der Waals surface area contributed by atoms with Gasteiger partial charge in [0.25, 0.3) is 5.69 Å². The quantitative estimate of drug-likeness (QED) is 0.376. The zero-order chi connectivity index (χ0) is 21.1. The normalized spacial score (nSPS) is 10.6. The Kier molecular flexibility index (Phi) is 5.09. The van der Waals surface area contributed by atoms with Gasteiger partial charge in [0.2, 0.25) is 5.95 Å². The van der Waals surface area contributed by atoms with Crippen LogP contribution in [0.25, 0.3) is 33.6 Å². The van der Waals surface area contributed by atoms with Crippen molar-refractivity contribution in [2.75, 3.05) is 12.8 Å². The first-order valence-electron chi connectivity index (χ1n) is 9.18. The minimum absolute atomic E-state index is 0.0215. The van der Waals surface area contributed by atoms with E-state index in [9.17, 15) is 10.1 Å². The van der Waals surface area contributed by atoms with Crippen molar-refractivity contribution < 1.29 is 9.66 Å². The van der Waals surface area contributed by atoms with E-state index in [0.29, 0.717) is 11.4 Å². The van der Waals surface area contributed by atoms with Gasteiger partial charge in [-0.3, -0.25) is 10.1 Å². The molecule has 0 aliphatic carbocycles. The summed E-state index contributed by atoms with van der Waals surface area (Å²) in [6, 6.07) is 23.8. The lowest BCUT2D eigenvalue weighted by Crippen LogP contribution is -1.99. The topological polar surface area (TPSA) is 104 Å². The summed E-state index contributed by atoms with van der Waals surface area (Å²) >= 11 is 0. The van der Waals surface area contributed by atoms with E-state index < -0.39 is 4.92 Å². The van der Waals surface area contributed by atoms with Crippen molar-refractivity contribution in [3.05, 3.63) is 89.0 Å². The summed E-state index contributed by atoms with van der Waals surface area (Å²) in [7, 11) is 1.64. The summed E-state index contributed by atoms with van der Waals surface area (Å²) in [5.74, 6) is 0.932. The zero-order valence-corrected chi connectivity index (χ0v) is 16.1. The molecule has 0 unspecified atom stereocenters. The Labute approximate surface area is 173 Å². The number of hydrogen-bond acceptors (Lipinski definition) is 6. The lowest BCUT2D eigenvalue weighted by Gasteiger charge is -2.09. The van der Waals surface area contributed by atoms with Gasteiger partial charge in [0.1, 0.15) is 5.75 Å². The molecule has 0 atom stereocenters. The third-order valence-electron chi connectivity index (χ3n) is 4.70. The van der Waals surface area contributed by atoms with Crippen LogP contribution in [-0.2, 0) is 0 Å². The molecule has 0 amide bonds. The number of anilines is 1. The van der Waals surface area contributed by atoms with E-state index in [0.717, 1.165) is 28.0 Å². The first-order valence-corrected chi connectivity index (χ1v) is 9.18. The number of benzene rings is 3. The van der Waals surface area contributed by atoms with E-state index in [1.807, 2.05) is 54.6 Å². The monoisotopic (exact) mass is 398 g/mol. The molecule has 4 rings (SSSR count). The van der Waals surface area contributed by atoms with Crippen molar-refractivity contribution in [3.63, 3.8) is 0 Å². The molecule has 4 aromatic rings. The van der Waals surface area contributed by atoms with E-state index in [4.69, 9.17) is 10.5 Å². The third-order valence-corrected chi connectivity index (χ3v) is 4.70. The molecule has 2 N–H and O–H groups in total. The van der Waals surface area contributed by atoms with Crippen LogP contribution in [0.5, 0.6) is 5.75 Å². The molecular weight excluding hydrogens is 380 g/mol. The van der Waals surface area contributed by atoms with Crippen LogP contribution in [0, 0.1) is 10.1 Å². The maximum Gasteiger partial charge on any atom is 0.269 e. The SMILES string of the molecule is COc1ccc(-c2cccc(-c3cc(-c4ccc([N+](=O)[O-])cc4)nc(N)n3)c2)cc1. The van der Waals surface area contributed by atoms with Crippen molar-refractivity contribution in [2.45, 2.75) is 0 Å². The summed E-state index contributed by atoms with van der Waals surface area (Å²) in [4.78, 5) is 19.1. The second-order valence-corrected chi connectivity index (χ2v) is 6.61. The van der Waals surface area contributed by atoms with Gasteiger partial charge in [-0.1, -0.05) is 30.3 Å². The fraction of sp³-hybridized carbons (Fsp3) is 0.0435. The number of non-ortho nitro benzene ring substituents is 1. The van der Waals surface area contributed by atoms with Crippen LogP contribution < -0.4 is 10.5 Å².